The van der Waals surface area contributed by atoms with E-state index in [1.807, 2.05) is 40.7 Å². The van der Waals surface area contributed by atoms with Crippen LogP contribution in [0.2, 0.25) is 0 Å². The summed E-state index contributed by atoms with van der Waals surface area (Å²) in [6, 6.07) is 4.69. The number of hydrogen-bond donors (Lipinski definition) is 4. The minimum atomic E-state index is -0.980. The lowest BCUT2D eigenvalue weighted by atomic mass is 9.79. The van der Waals surface area contributed by atoms with Gasteiger partial charge < -0.3 is 72.9 Å². The van der Waals surface area contributed by atoms with Crippen LogP contribution in [0.1, 0.15) is 143 Å². The first-order chi connectivity index (χ1) is 29.9. The number of carbonyl (C=O) groups excluding carboxylic acids is 13. The topological polar surface area (TPSA) is 322 Å². The van der Waals surface area contributed by atoms with Crippen LogP contribution >= 0.6 is 0 Å². The molecule has 0 aliphatic rings. The molecule has 2 atom stereocenters. The Balaban J connectivity index is -0.0000000710. The maximum Gasteiger partial charge on any atom is 0.411 e. The number of aliphatic carboxylic acids is 1. The number of hydrogen-bond acceptors (Lipinski definition) is 17. The van der Waals surface area contributed by atoms with Crippen molar-refractivity contribution in [3.05, 3.63) is 29.3 Å². The molecular weight excluding hydrogens is 869 g/mol. The molecule has 0 aromatic heterocycles. The third-order valence-electron chi connectivity index (χ3n) is 7.40. The van der Waals surface area contributed by atoms with E-state index in [-0.39, 0.29) is 68.4 Å². The second kappa shape index (κ2) is 75.9. The fraction of sp³-hybridized carbons (Fsp3) is 0.565. The van der Waals surface area contributed by atoms with Crippen LogP contribution in [0.5, 0.6) is 0 Å². The number of carboxylic acid groups (broad SMARTS) is 1. The molecule has 0 fully saturated rings. The number of rotatable bonds is 24. The summed E-state index contributed by atoms with van der Waals surface area (Å²) in [5, 5.41) is 22.9. The van der Waals surface area contributed by atoms with Gasteiger partial charge in [0.25, 0.3) is 5.91 Å². The molecule has 386 valence electrons. The first kappa shape index (κ1) is 90.3. The number of aliphatic hydroxyl groups is 1. The molecule has 0 spiro atoms. The Morgan fingerprint density at radius 1 is 0.682 bits per heavy atom. The van der Waals surface area contributed by atoms with Crippen LogP contribution < -0.4 is 10.6 Å². The molecule has 0 bridgehead atoms. The fourth-order valence-electron chi connectivity index (χ4n) is 4.26. The van der Waals surface area contributed by atoms with Gasteiger partial charge in [-0.2, -0.15) is 0 Å². The van der Waals surface area contributed by atoms with Crippen molar-refractivity contribution in [1.82, 2.24) is 5.32 Å². The summed E-state index contributed by atoms with van der Waals surface area (Å²) < 4.78 is 10.2. The highest BCUT2D eigenvalue weighted by Crippen LogP contribution is 2.31. The average molecular weight is 953 g/mol. The van der Waals surface area contributed by atoms with Crippen molar-refractivity contribution >= 4 is 95.5 Å². The van der Waals surface area contributed by atoms with Crippen molar-refractivity contribution in [2.24, 2.45) is 11.3 Å². The van der Waals surface area contributed by atoms with Gasteiger partial charge in [-0.05, 0) is 76.1 Å². The summed E-state index contributed by atoms with van der Waals surface area (Å²) in [5.41, 5.74) is 0.523. The molecule has 20 heteroatoms. The Kier molecular flexibility index (Phi) is 104. The molecule has 0 heterocycles. The number of ether oxygens (including phenoxy) is 2. The van der Waals surface area contributed by atoms with Crippen molar-refractivity contribution in [2.45, 2.75) is 134 Å². The van der Waals surface area contributed by atoms with E-state index in [4.69, 9.17) is 48.5 Å². The van der Waals surface area contributed by atoms with Gasteiger partial charge in [-0.1, -0.05) is 56.4 Å². The Labute approximate surface area is 393 Å². The number of anilines is 1. The third-order valence-corrected chi connectivity index (χ3v) is 7.40. The quantitative estimate of drug-likeness (QED) is 0.0492. The second-order valence-corrected chi connectivity index (χ2v) is 11.7. The number of nitrogens with one attached hydrogen (secondary N) is 2. The van der Waals surface area contributed by atoms with Gasteiger partial charge in [0.15, 0.2) is 0 Å². The van der Waals surface area contributed by atoms with Crippen molar-refractivity contribution < 1.29 is 86.8 Å². The zero-order chi connectivity index (χ0) is 50.2. The zero-order valence-electron chi connectivity index (χ0n) is 36.6. The molecule has 1 aromatic rings. The van der Waals surface area contributed by atoms with Gasteiger partial charge in [0.1, 0.15) is 79.1 Å². The standard InChI is InChI=1S/C22H32N2O8.2C7H12O2.6CH2O.4CH4/c1-5-22(4,13-15(3)19(27)28)20(29)31-10-11-32-21(30)24-16-6-7-17(14(2)12-16)18(26)23-8-9-25;2*8-6-4-2-1-3-5-7-9;6*1-2;;;;/h6-7,12,15,25H,5,8-11,13H2,1-4H3,(H,23,26)(H,24,30)(H,27,28);2*6-7H,1-5H2;6*1H2;4*1H4. The summed E-state index contributed by atoms with van der Waals surface area (Å²) in [6.07, 6.45) is 11.7. The molecular formula is C46H84N2O18. The van der Waals surface area contributed by atoms with E-state index in [1.54, 1.807) is 39.0 Å². The first-order valence-corrected chi connectivity index (χ1v) is 18.7. The highest BCUT2D eigenvalue weighted by atomic mass is 16.6. The first-order valence-electron chi connectivity index (χ1n) is 18.7. The van der Waals surface area contributed by atoms with E-state index >= 15 is 0 Å². The predicted octanol–water partition coefficient (Wildman–Crippen LogP) is 6.44. The molecule has 4 N–H and O–H groups in total. The predicted molar refractivity (Wildman–Crippen MR) is 256 cm³/mol. The number of aryl methyl sites for hydroxylation is 1. The maximum absolute atomic E-state index is 12.4. The van der Waals surface area contributed by atoms with Crippen LogP contribution in [-0.4, -0.2) is 126 Å². The van der Waals surface area contributed by atoms with E-state index in [0.717, 1.165) is 63.7 Å². The number of benzene rings is 1. The monoisotopic (exact) mass is 953 g/mol. The van der Waals surface area contributed by atoms with Gasteiger partial charge in [-0.15, -0.1) is 0 Å². The van der Waals surface area contributed by atoms with Crippen LogP contribution in [0.15, 0.2) is 18.2 Å². The van der Waals surface area contributed by atoms with E-state index in [9.17, 15) is 38.4 Å². The smallest absolute Gasteiger partial charge is 0.411 e. The molecule has 66 heavy (non-hydrogen) atoms. The number of unbranched alkanes of at least 4 members (excludes halogenated alkanes) is 8. The van der Waals surface area contributed by atoms with E-state index in [0.29, 0.717) is 48.9 Å². The number of carbonyl (C=O) groups is 14. The lowest BCUT2D eigenvalue weighted by Crippen LogP contribution is -2.33. The molecule has 0 aliphatic carbocycles. The van der Waals surface area contributed by atoms with E-state index < -0.39 is 29.4 Å². The highest BCUT2D eigenvalue weighted by Gasteiger charge is 2.36. The molecule has 0 saturated carbocycles. The van der Waals surface area contributed by atoms with Crippen LogP contribution in [0.4, 0.5) is 10.5 Å². The normalized spacial score (nSPS) is 9.29. The minimum absolute atomic E-state index is 0. The molecule has 1 rings (SSSR count). The van der Waals surface area contributed by atoms with Gasteiger partial charge in [0.2, 0.25) is 0 Å². The number of carboxylic acids is 1. The van der Waals surface area contributed by atoms with Gasteiger partial charge in [-0.3, -0.25) is 19.7 Å². The second-order valence-electron chi connectivity index (χ2n) is 11.7. The Hall–Kier alpha value is -6.44. The van der Waals surface area contributed by atoms with Crippen molar-refractivity contribution in [2.75, 3.05) is 31.7 Å². The largest absolute Gasteiger partial charge is 0.481 e. The van der Waals surface area contributed by atoms with Crippen molar-refractivity contribution in [3.8, 4) is 0 Å². The summed E-state index contributed by atoms with van der Waals surface area (Å²) in [6.45, 7) is 18.3. The number of aliphatic hydroxyl groups excluding tert-OH is 1. The molecule has 2 unspecified atom stereocenters. The van der Waals surface area contributed by atoms with Gasteiger partial charge in [0.05, 0.1) is 17.9 Å². The Morgan fingerprint density at radius 3 is 1.38 bits per heavy atom. The van der Waals surface area contributed by atoms with Crippen LogP contribution in [-0.2, 0) is 67.0 Å². The minimum Gasteiger partial charge on any atom is -0.481 e. The summed E-state index contributed by atoms with van der Waals surface area (Å²) in [7, 11) is 0. The average Bonchev–Trinajstić information content (AvgIpc) is 3.31. The lowest BCUT2D eigenvalue weighted by molar-refractivity contribution is -0.158. The zero-order valence-corrected chi connectivity index (χ0v) is 36.6. The number of esters is 1. The van der Waals surface area contributed by atoms with Gasteiger partial charge in [-0.25, -0.2) is 4.79 Å². The summed E-state index contributed by atoms with van der Waals surface area (Å²) in [5.74, 6) is -2.54. The fourth-order valence-corrected chi connectivity index (χ4v) is 4.26. The molecule has 0 radical (unpaired) electrons. The number of aldehydes is 4. The molecule has 1 aromatic carbocycles. The van der Waals surface area contributed by atoms with Crippen molar-refractivity contribution in [3.63, 3.8) is 0 Å². The molecule has 0 aliphatic heterocycles. The van der Waals surface area contributed by atoms with E-state index in [1.165, 1.54) is 6.92 Å². The lowest BCUT2D eigenvalue weighted by Gasteiger charge is -2.27. The highest BCUT2D eigenvalue weighted by molar-refractivity contribution is 5.96. The van der Waals surface area contributed by atoms with Crippen LogP contribution in [0, 0.1) is 18.3 Å². The Bertz CT molecular complexity index is 1230. The van der Waals surface area contributed by atoms with Gasteiger partial charge in [0, 0.05) is 43.5 Å². The SMILES string of the molecule is C.C.C.C.C=O.C=O.C=O.C=O.C=O.C=O.CCC(C)(CC(C)C(=O)O)C(=O)OCCOC(=O)Nc1ccc(C(=O)NCCO)c(C)c1.O=CCCCCCC=O.O=CCCCCCC=O. The third kappa shape index (κ3) is 59.7. The maximum atomic E-state index is 12.4. The van der Waals surface area contributed by atoms with E-state index in [2.05, 4.69) is 10.6 Å². The summed E-state index contributed by atoms with van der Waals surface area (Å²) in [4.78, 5) is 134. The Morgan fingerprint density at radius 2 is 1.06 bits per heavy atom. The molecule has 2 amide bonds. The van der Waals surface area contributed by atoms with Crippen molar-refractivity contribution in [1.29, 1.82) is 0 Å². The van der Waals surface area contributed by atoms with Crippen LogP contribution in [0.3, 0.4) is 0 Å². The van der Waals surface area contributed by atoms with Crippen LogP contribution in [0.25, 0.3) is 0 Å². The van der Waals surface area contributed by atoms with Gasteiger partial charge >= 0.3 is 18.0 Å². The molecule has 0 saturated heterocycles. The number of amides is 2. The summed E-state index contributed by atoms with van der Waals surface area (Å²) >= 11 is 0. The molecule has 20 nitrogen and oxygen atoms in total.